The first-order valence-corrected chi connectivity index (χ1v) is 9.49. The molecule has 1 saturated heterocycles. The molecule has 0 unspecified atom stereocenters. The van der Waals surface area contributed by atoms with Crippen molar-refractivity contribution < 1.29 is 4.79 Å². The number of benzene rings is 1. The smallest absolute Gasteiger partial charge is 0.265 e. The highest BCUT2D eigenvalue weighted by molar-refractivity contribution is 7.16. The van der Waals surface area contributed by atoms with Crippen molar-refractivity contribution in [1.82, 2.24) is 14.9 Å². The number of likely N-dealkylation sites (tertiary alicyclic amines) is 1. The molecule has 1 aliphatic heterocycles. The van der Waals surface area contributed by atoms with Crippen molar-refractivity contribution in [2.75, 3.05) is 19.6 Å². The fourth-order valence-corrected chi connectivity index (χ4v) is 4.35. The van der Waals surface area contributed by atoms with Gasteiger partial charge in [0, 0.05) is 25.2 Å². The molecule has 28 heavy (non-hydrogen) atoms. The van der Waals surface area contributed by atoms with Crippen LogP contribution < -0.4 is 5.73 Å². The monoisotopic (exact) mass is 436 g/mol. The Morgan fingerprint density at radius 2 is 1.82 bits per heavy atom. The molecule has 2 aromatic heterocycles. The van der Waals surface area contributed by atoms with Crippen molar-refractivity contribution in [3.05, 3.63) is 71.4 Å². The minimum absolute atomic E-state index is 0. The second kappa shape index (κ2) is 9.98. The summed E-state index contributed by atoms with van der Waals surface area (Å²) in [6, 6.07) is 16.0. The number of rotatable bonds is 4. The largest absolute Gasteiger partial charge is 0.337 e. The molecule has 4 rings (SSSR count). The quantitative estimate of drug-likeness (QED) is 0.673. The van der Waals surface area contributed by atoms with Gasteiger partial charge in [0.1, 0.15) is 9.88 Å². The van der Waals surface area contributed by atoms with Crippen molar-refractivity contribution in [3.63, 3.8) is 0 Å². The average molecular weight is 437 g/mol. The van der Waals surface area contributed by atoms with E-state index in [4.69, 9.17) is 5.73 Å². The summed E-state index contributed by atoms with van der Waals surface area (Å²) in [5, 5.41) is 0.767. The van der Waals surface area contributed by atoms with Crippen molar-refractivity contribution in [2.24, 2.45) is 11.7 Å². The number of hydrogen-bond donors (Lipinski definition) is 1. The van der Waals surface area contributed by atoms with E-state index in [0.717, 1.165) is 10.7 Å². The minimum atomic E-state index is 0. The van der Waals surface area contributed by atoms with Crippen molar-refractivity contribution >= 4 is 42.1 Å². The molecular formula is C20H22Cl2N4OS. The third-order valence-corrected chi connectivity index (χ3v) is 5.87. The highest BCUT2D eigenvalue weighted by Gasteiger charge is 2.36. The maximum absolute atomic E-state index is 13.0. The van der Waals surface area contributed by atoms with Crippen LogP contribution in [0.4, 0.5) is 0 Å². The molecule has 3 heterocycles. The Hall–Kier alpha value is -1.99. The van der Waals surface area contributed by atoms with E-state index in [1.165, 1.54) is 16.9 Å². The third-order valence-electron chi connectivity index (χ3n) is 4.86. The Bertz CT molecular complexity index is 891. The van der Waals surface area contributed by atoms with E-state index >= 15 is 0 Å². The molecule has 5 nitrogen and oxygen atoms in total. The zero-order chi connectivity index (χ0) is 17.9. The number of halogens is 2. The molecule has 0 bridgehead atoms. The van der Waals surface area contributed by atoms with Crippen LogP contribution in [0.2, 0.25) is 0 Å². The van der Waals surface area contributed by atoms with Crippen LogP contribution >= 0.6 is 36.2 Å². The Labute approximate surface area is 180 Å². The van der Waals surface area contributed by atoms with Crippen LogP contribution in [0.5, 0.6) is 0 Å². The summed E-state index contributed by atoms with van der Waals surface area (Å²) in [5.74, 6) is 0.597. The second-order valence-corrected chi connectivity index (χ2v) is 7.50. The zero-order valence-corrected chi connectivity index (χ0v) is 17.6. The molecule has 0 spiro atoms. The summed E-state index contributed by atoms with van der Waals surface area (Å²) in [7, 11) is 0. The number of thiazole rings is 1. The SMILES string of the molecule is Cl.Cl.NC[C@@H]1CN(C(=O)c2cnc(-c3ccccn3)s2)C[C@H]1c1ccccc1. The lowest BCUT2D eigenvalue weighted by Crippen LogP contribution is -2.29. The number of hydrogen-bond acceptors (Lipinski definition) is 5. The second-order valence-electron chi connectivity index (χ2n) is 6.47. The van der Waals surface area contributed by atoms with Crippen molar-refractivity contribution in [1.29, 1.82) is 0 Å². The van der Waals surface area contributed by atoms with E-state index in [1.807, 2.05) is 41.3 Å². The Morgan fingerprint density at radius 1 is 1.07 bits per heavy atom. The van der Waals surface area contributed by atoms with Gasteiger partial charge in [0.05, 0.1) is 11.9 Å². The standard InChI is InChI=1S/C20H20N4OS.2ClH/c21-10-15-12-24(13-16(15)14-6-2-1-3-7-14)20(25)18-11-23-19(26-18)17-8-4-5-9-22-17;;/h1-9,11,15-16H,10,12-13,21H2;2*1H/t15-,16+;;/m1../s1. The van der Waals surface area contributed by atoms with Gasteiger partial charge in [-0.1, -0.05) is 36.4 Å². The first-order chi connectivity index (χ1) is 12.8. The minimum Gasteiger partial charge on any atom is -0.337 e. The van der Waals surface area contributed by atoms with Crippen LogP contribution in [-0.2, 0) is 0 Å². The lowest BCUT2D eigenvalue weighted by atomic mass is 9.89. The number of nitrogens with two attached hydrogens (primary N) is 1. The predicted molar refractivity (Wildman–Crippen MR) is 117 cm³/mol. The summed E-state index contributed by atoms with van der Waals surface area (Å²) < 4.78 is 0. The van der Waals surface area contributed by atoms with Crippen LogP contribution in [0.15, 0.2) is 60.9 Å². The number of aromatic nitrogens is 2. The number of pyridine rings is 1. The van der Waals surface area contributed by atoms with Crippen LogP contribution in [0.3, 0.4) is 0 Å². The fraction of sp³-hybridized carbons (Fsp3) is 0.250. The first-order valence-electron chi connectivity index (χ1n) is 8.68. The summed E-state index contributed by atoms with van der Waals surface area (Å²) in [4.78, 5) is 24.2. The number of carbonyl (C=O) groups is 1. The molecule has 1 amide bonds. The highest BCUT2D eigenvalue weighted by atomic mass is 35.5. The predicted octanol–water partition coefficient (Wildman–Crippen LogP) is 3.86. The molecule has 0 saturated carbocycles. The molecule has 2 N–H and O–H groups in total. The molecule has 148 valence electrons. The van der Waals surface area contributed by atoms with Gasteiger partial charge in [-0.25, -0.2) is 4.98 Å². The number of carbonyl (C=O) groups excluding carboxylic acids is 1. The lowest BCUT2D eigenvalue weighted by molar-refractivity contribution is 0.0791. The third kappa shape index (κ3) is 4.52. The Kier molecular flexibility index (Phi) is 7.95. The maximum atomic E-state index is 13.0. The van der Waals surface area contributed by atoms with Gasteiger partial charge in [0.15, 0.2) is 0 Å². The van der Waals surface area contributed by atoms with Gasteiger partial charge in [-0.05, 0) is 30.2 Å². The summed E-state index contributed by atoms with van der Waals surface area (Å²) in [5.41, 5.74) is 8.03. The highest BCUT2D eigenvalue weighted by Crippen LogP contribution is 2.34. The average Bonchev–Trinajstić information content (AvgIpc) is 3.36. The topological polar surface area (TPSA) is 72.1 Å². The van der Waals surface area contributed by atoms with Gasteiger partial charge >= 0.3 is 0 Å². The maximum Gasteiger partial charge on any atom is 0.265 e. The Morgan fingerprint density at radius 3 is 2.50 bits per heavy atom. The van der Waals surface area contributed by atoms with Crippen LogP contribution in [0.1, 0.15) is 21.2 Å². The van der Waals surface area contributed by atoms with E-state index < -0.39 is 0 Å². The molecule has 1 aromatic carbocycles. The molecule has 1 fully saturated rings. The van der Waals surface area contributed by atoms with E-state index in [2.05, 4.69) is 22.1 Å². The van der Waals surface area contributed by atoms with Crippen molar-refractivity contribution in [3.8, 4) is 10.7 Å². The summed E-state index contributed by atoms with van der Waals surface area (Å²) in [6.45, 7) is 1.96. The van der Waals surface area contributed by atoms with Crippen LogP contribution in [0, 0.1) is 5.92 Å². The molecule has 0 radical (unpaired) electrons. The van der Waals surface area contributed by atoms with Crippen LogP contribution in [0.25, 0.3) is 10.7 Å². The summed E-state index contributed by atoms with van der Waals surface area (Å²) >= 11 is 1.39. The number of nitrogens with zero attached hydrogens (tertiary/aromatic N) is 3. The zero-order valence-electron chi connectivity index (χ0n) is 15.1. The molecular weight excluding hydrogens is 415 g/mol. The molecule has 0 aliphatic carbocycles. The normalized spacial score (nSPS) is 18.2. The lowest BCUT2D eigenvalue weighted by Gasteiger charge is -2.16. The van der Waals surface area contributed by atoms with E-state index in [0.29, 0.717) is 24.5 Å². The number of amides is 1. The molecule has 3 aromatic rings. The van der Waals surface area contributed by atoms with Gasteiger partial charge in [0.2, 0.25) is 0 Å². The van der Waals surface area contributed by atoms with Gasteiger partial charge in [0.25, 0.3) is 5.91 Å². The first kappa shape index (κ1) is 22.3. The fourth-order valence-electron chi connectivity index (χ4n) is 3.49. The van der Waals surface area contributed by atoms with E-state index in [-0.39, 0.29) is 42.6 Å². The molecule has 2 atom stereocenters. The van der Waals surface area contributed by atoms with Gasteiger partial charge in [-0.15, -0.1) is 36.2 Å². The summed E-state index contributed by atoms with van der Waals surface area (Å²) in [6.07, 6.45) is 3.39. The van der Waals surface area contributed by atoms with E-state index in [9.17, 15) is 4.79 Å². The van der Waals surface area contributed by atoms with Gasteiger partial charge in [-0.2, -0.15) is 0 Å². The van der Waals surface area contributed by atoms with Crippen molar-refractivity contribution in [2.45, 2.75) is 5.92 Å². The van der Waals surface area contributed by atoms with E-state index in [1.54, 1.807) is 12.4 Å². The molecule has 1 aliphatic rings. The Balaban J connectivity index is 0.00000140. The van der Waals surface area contributed by atoms with Gasteiger partial charge < -0.3 is 10.6 Å². The van der Waals surface area contributed by atoms with Gasteiger partial charge in [-0.3, -0.25) is 9.78 Å². The molecule has 8 heteroatoms. The van der Waals surface area contributed by atoms with Crippen LogP contribution in [-0.4, -0.2) is 40.4 Å².